The van der Waals surface area contributed by atoms with Crippen LogP contribution in [0.25, 0.3) is 0 Å². The zero-order valence-corrected chi connectivity index (χ0v) is 8.78. The van der Waals surface area contributed by atoms with Crippen LogP contribution in [0.4, 0.5) is 0 Å². The Morgan fingerprint density at radius 3 is 2.45 bits per heavy atom. The lowest BCUT2D eigenvalue weighted by Crippen LogP contribution is -2.47. The van der Waals surface area contributed by atoms with Gasteiger partial charge in [0.05, 0.1) is 5.54 Å². The molecule has 1 rings (SSSR count). The van der Waals surface area contributed by atoms with Crippen molar-refractivity contribution < 1.29 is 0 Å². The molecule has 1 heterocycles. The molecule has 0 aliphatic carbocycles. The van der Waals surface area contributed by atoms with Gasteiger partial charge in [-0.05, 0) is 13.8 Å². The lowest BCUT2D eigenvalue weighted by atomic mass is 10.1. The molecule has 1 fully saturated rings. The van der Waals surface area contributed by atoms with Crippen LogP contribution in [0.5, 0.6) is 0 Å². The molecule has 1 nitrogen and oxygen atoms in total. The van der Waals surface area contributed by atoms with Crippen LogP contribution in [0.1, 0.15) is 13.8 Å². The van der Waals surface area contributed by atoms with Crippen LogP contribution in [-0.4, -0.2) is 22.1 Å². The van der Waals surface area contributed by atoms with E-state index in [2.05, 4.69) is 18.8 Å². The summed E-state index contributed by atoms with van der Waals surface area (Å²) in [5.41, 5.74) is 1.36. The van der Waals surface area contributed by atoms with Crippen LogP contribution in [0.3, 0.4) is 0 Å². The highest BCUT2D eigenvalue weighted by atomic mass is 32.2. The molecule has 0 aromatic carbocycles. The molecule has 0 amide bonds. The zero-order valence-electron chi connectivity index (χ0n) is 7.14. The van der Waals surface area contributed by atoms with Crippen LogP contribution < -0.4 is 5.32 Å². The van der Waals surface area contributed by atoms with Crippen molar-refractivity contribution in [2.75, 3.05) is 16.6 Å². The normalized spacial score (nSPS) is 22.7. The van der Waals surface area contributed by atoms with E-state index in [9.17, 15) is 0 Å². The van der Waals surface area contributed by atoms with E-state index in [1.807, 2.05) is 30.4 Å². The van der Waals surface area contributed by atoms with Crippen LogP contribution in [0, 0.1) is 0 Å². The van der Waals surface area contributed by atoms with Crippen molar-refractivity contribution in [1.29, 1.82) is 0 Å². The summed E-state index contributed by atoms with van der Waals surface area (Å²) in [5.74, 6) is 2.40. The Morgan fingerprint density at radius 2 is 2.00 bits per heavy atom. The zero-order chi connectivity index (χ0) is 8.32. The van der Waals surface area contributed by atoms with E-state index in [0.717, 1.165) is 5.70 Å². The summed E-state index contributed by atoms with van der Waals surface area (Å²) >= 11 is 4.01. The molecule has 1 aliphatic rings. The summed E-state index contributed by atoms with van der Waals surface area (Å²) in [6.45, 7) is 8.15. The molecule has 11 heavy (non-hydrogen) atoms. The maximum Gasteiger partial charge on any atom is 0.0523 e. The molecule has 1 aliphatic heterocycles. The average molecular weight is 189 g/mol. The van der Waals surface area contributed by atoms with Crippen LogP contribution >= 0.6 is 23.5 Å². The molecule has 0 atom stereocenters. The number of hydrogen-bond donors (Lipinski definition) is 1. The van der Waals surface area contributed by atoms with Gasteiger partial charge in [0.1, 0.15) is 0 Å². The first-order chi connectivity index (χ1) is 5.12. The van der Waals surface area contributed by atoms with Gasteiger partial charge in [-0.25, -0.2) is 0 Å². The Hall–Kier alpha value is 0.240. The minimum atomic E-state index is 0.277. The van der Waals surface area contributed by atoms with Crippen LogP contribution in [-0.2, 0) is 0 Å². The van der Waals surface area contributed by atoms with Crippen molar-refractivity contribution in [2.24, 2.45) is 0 Å². The van der Waals surface area contributed by atoms with Gasteiger partial charge < -0.3 is 5.32 Å². The van der Waals surface area contributed by atoms with E-state index in [1.165, 1.54) is 16.6 Å². The molecule has 0 spiro atoms. The fourth-order valence-corrected chi connectivity index (χ4v) is 3.74. The standard InChI is InChI=1S/C8H15NS2/c1-7(2)9-8(3)4-10-6-11-5-8/h9H,1,4-6H2,2-3H3. The van der Waals surface area contributed by atoms with E-state index >= 15 is 0 Å². The first kappa shape index (κ1) is 9.33. The Morgan fingerprint density at radius 1 is 1.45 bits per heavy atom. The number of nitrogens with one attached hydrogen (secondary N) is 1. The Balaban J connectivity index is 2.43. The summed E-state index contributed by atoms with van der Waals surface area (Å²) in [6, 6.07) is 0. The molecular formula is C8H15NS2. The number of rotatable bonds is 2. The fraction of sp³-hybridized carbons (Fsp3) is 0.750. The van der Waals surface area contributed by atoms with Gasteiger partial charge in [0, 0.05) is 22.3 Å². The molecule has 3 heteroatoms. The Labute approximate surface area is 77.4 Å². The summed E-state index contributed by atoms with van der Waals surface area (Å²) in [6.07, 6.45) is 0. The maximum absolute atomic E-state index is 3.86. The molecule has 1 saturated heterocycles. The first-order valence-corrected chi connectivity index (χ1v) is 6.02. The molecule has 0 aromatic rings. The van der Waals surface area contributed by atoms with Crippen molar-refractivity contribution in [1.82, 2.24) is 5.32 Å². The minimum Gasteiger partial charge on any atom is -0.382 e. The highest BCUT2D eigenvalue weighted by Crippen LogP contribution is 2.28. The molecule has 0 saturated carbocycles. The monoisotopic (exact) mass is 189 g/mol. The SMILES string of the molecule is C=C(C)NC1(C)CSCSC1. The summed E-state index contributed by atoms with van der Waals surface area (Å²) in [5, 5.41) is 4.67. The minimum absolute atomic E-state index is 0.277. The molecular weight excluding hydrogens is 174 g/mol. The van der Waals surface area contributed by atoms with Gasteiger partial charge in [-0.1, -0.05) is 6.58 Å². The highest BCUT2D eigenvalue weighted by Gasteiger charge is 2.26. The molecule has 0 radical (unpaired) electrons. The van der Waals surface area contributed by atoms with E-state index in [-0.39, 0.29) is 5.54 Å². The summed E-state index contributed by atoms with van der Waals surface area (Å²) in [7, 11) is 0. The fourth-order valence-electron chi connectivity index (χ4n) is 1.22. The number of thioether (sulfide) groups is 2. The average Bonchev–Trinajstić information content (AvgIpc) is 1.85. The predicted octanol–water partition coefficient (Wildman–Crippen LogP) is 2.31. The topological polar surface area (TPSA) is 12.0 Å². The lowest BCUT2D eigenvalue weighted by Gasteiger charge is -2.34. The maximum atomic E-state index is 3.86. The third-order valence-corrected chi connectivity index (χ3v) is 4.54. The molecule has 1 N–H and O–H groups in total. The number of allylic oxidation sites excluding steroid dienone is 1. The second-order valence-electron chi connectivity index (χ2n) is 3.28. The molecule has 64 valence electrons. The van der Waals surface area contributed by atoms with Crippen molar-refractivity contribution in [3.05, 3.63) is 12.3 Å². The van der Waals surface area contributed by atoms with Crippen molar-refractivity contribution in [3.8, 4) is 0 Å². The van der Waals surface area contributed by atoms with Gasteiger partial charge >= 0.3 is 0 Å². The lowest BCUT2D eigenvalue weighted by molar-refractivity contribution is 0.491. The smallest absolute Gasteiger partial charge is 0.0523 e. The highest BCUT2D eigenvalue weighted by molar-refractivity contribution is 8.16. The second-order valence-corrected chi connectivity index (χ2v) is 5.62. The van der Waals surface area contributed by atoms with Crippen molar-refractivity contribution >= 4 is 23.5 Å². The Kier molecular flexibility index (Phi) is 3.19. The summed E-state index contributed by atoms with van der Waals surface area (Å²) in [4.78, 5) is 0. The van der Waals surface area contributed by atoms with Gasteiger partial charge in [-0.3, -0.25) is 0 Å². The van der Waals surface area contributed by atoms with E-state index < -0.39 is 0 Å². The second kappa shape index (κ2) is 3.76. The van der Waals surface area contributed by atoms with E-state index in [4.69, 9.17) is 0 Å². The van der Waals surface area contributed by atoms with Gasteiger partial charge in [-0.2, -0.15) is 0 Å². The molecule has 0 bridgehead atoms. The first-order valence-electron chi connectivity index (χ1n) is 3.72. The summed E-state index contributed by atoms with van der Waals surface area (Å²) < 4.78 is 0. The van der Waals surface area contributed by atoms with Crippen LogP contribution in [0.15, 0.2) is 12.3 Å². The van der Waals surface area contributed by atoms with Crippen molar-refractivity contribution in [3.63, 3.8) is 0 Å². The Bertz CT molecular complexity index is 150. The number of hydrogen-bond acceptors (Lipinski definition) is 3. The quantitative estimate of drug-likeness (QED) is 0.716. The largest absolute Gasteiger partial charge is 0.382 e. The van der Waals surface area contributed by atoms with Gasteiger partial charge in [0.25, 0.3) is 0 Å². The van der Waals surface area contributed by atoms with Gasteiger partial charge in [-0.15, -0.1) is 23.5 Å². The van der Waals surface area contributed by atoms with Gasteiger partial charge in [0.2, 0.25) is 0 Å². The van der Waals surface area contributed by atoms with E-state index in [1.54, 1.807) is 0 Å². The molecule has 0 aromatic heterocycles. The van der Waals surface area contributed by atoms with Gasteiger partial charge in [0.15, 0.2) is 0 Å². The van der Waals surface area contributed by atoms with Crippen molar-refractivity contribution in [2.45, 2.75) is 19.4 Å². The third kappa shape index (κ3) is 2.99. The predicted molar refractivity (Wildman–Crippen MR) is 56.1 cm³/mol. The third-order valence-electron chi connectivity index (χ3n) is 1.52. The molecule has 0 unspecified atom stereocenters. The van der Waals surface area contributed by atoms with Crippen LogP contribution in [0.2, 0.25) is 0 Å². The van der Waals surface area contributed by atoms with E-state index in [0.29, 0.717) is 0 Å².